The quantitative estimate of drug-likeness (QED) is 0.657. The number of nitrogens with two attached hydrogens (primary N) is 1. The van der Waals surface area contributed by atoms with Gasteiger partial charge in [0.1, 0.15) is 11.6 Å². The summed E-state index contributed by atoms with van der Waals surface area (Å²) in [5.41, 5.74) is 4.90. The first kappa shape index (κ1) is 14.5. The summed E-state index contributed by atoms with van der Waals surface area (Å²) < 4.78 is 19.9. The molecule has 1 aliphatic rings. The Labute approximate surface area is 131 Å². The second kappa shape index (κ2) is 6.13. The Balaban J connectivity index is 1.83. The van der Waals surface area contributed by atoms with Crippen molar-refractivity contribution in [3.63, 3.8) is 0 Å². The monoisotopic (exact) mass is 350 g/mol. The van der Waals surface area contributed by atoms with Gasteiger partial charge in [-0.25, -0.2) is 4.39 Å². The molecule has 5 heteroatoms. The molecule has 0 aliphatic carbocycles. The molecule has 0 radical (unpaired) electrons. The first-order chi connectivity index (χ1) is 10.2. The van der Waals surface area contributed by atoms with E-state index >= 15 is 0 Å². The molecule has 2 unspecified atom stereocenters. The molecule has 0 spiro atoms. The normalized spacial score (nSPS) is 18.1. The van der Waals surface area contributed by atoms with Gasteiger partial charge in [-0.1, -0.05) is 34.1 Å². The molecule has 0 bridgehead atoms. The molecule has 0 saturated heterocycles. The third-order valence-electron chi connectivity index (χ3n) is 3.81. The molecular formula is C16H16BrFN2O. The summed E-state index contributed by atoms with van der Waals surface area (Å²) in [6.45, 7) is 0.588. The number of benzene rings is 2. The third kappa shape index (κ3) is 3.10. The van der Waals surface area contributed by atoms with Gasteiger partial charge in [0.25, 0.3) is 0 Å². The zero-order valence-corrected chi connectivity index (χ0v) is 12.9. The predicted molar refractivity (Wildman–Crippen MR) is 83.6 cm³/mol. The summed E-state index contributed by atoms with van der Waals surface area (Å²) in [7, 11) is 0. The molecule has 2 atom stereocenters. The van der Waals surface area contributed by atoms with E-state index in [9.17, 15) is 4.39 Å². The van der Waals surface area contributed by atoms with Gasteiger partial charge in [-0.15, -0.1) is 0 Å². The van der Waals surface area contributed by atoms with Crippen molar-refractivity contribution in [2.24, 2.45) is 5.84 Å². The summed E-state index contributed by atoms with van der Waals surface area (Å²) in [5, 5.41) is 0. The molecular weight excluding hydrogens is 335 g/mol. The Morgan fingerprint density at radius 1 is 1.33 bits per heavy atom. The lowest BCUT2D eigenvalue weighted by Crippen LogP contribution is -2.42. The van der Waals surface area contributed by atoms with Crippen LogP contribution in [0.5, 0.6) is 5.75 Å². The number of fused-ring (bicyclic) bond motifs is 1. The number of ether oxygens (including phenoxy) is 1. The predicted octanol–water partition coefficient (Wildman–Crippen LogP) is 3.14. The first-order valence-electron chi connectivity index (χ1n) is 6.80. The Bertz CT molecular complexity index is 630. The van der Waals surface area contributed by atoms with Crippen molar-refractivity contribution in [2.75, 3.05) is 6.61 Å². The molecule has 2 aromatic carbocycles. The van der Waals surface area contributed by atoms with E-state index in [2.05, 4.69) is 27.4 Å². The van der Waals surface area contributed by atoms with Gasteiger partial charge in [0.2, 0.25) is 0 Å². The van der Waals surface area contributed by atoms with Crippen molar-refractivity contribution >= 4 is 15.9 Å². The molecule has 3 N–H and O–H groups in total. The highest BCUT2D eigenvalue weighted by atomic mass is 79.9. The maximum atomic E-state index is 13.5. The fraction of sp³-hybridized carbons (Fsp3) is 0.250. The van der Waals surface area contributed by atoms with Gasteiger partial charge in [-0.05, 0) is 36.2 Å². The van der Waals surface area contributed by atoms with Crippen LogP contribution in [0.2, 0.25) is 0 Å². The summed E-state index contributed by atoms with van der Waals surface area (Å²) in [4.78, 5) is 0. The van der Waals surface area contributed by atoms with E-state index in [1.54, 1.807) is 0 Å². The Kier molecular flexibility index (Phi) is 4.24. The number of hydrazine groups is 1. The lowest BCUT2D eigenvalue weighted by Gasteiger charge is -2.22. The van der Waals surface area contributed by atoms with Crippen LogP contribution in [-0.4, -0.2) is 12.6 Å². The summed E-state index contributed by atoms with van der Waals surface area (Å²) in [5.74, 6) is 6.54. The van der Waals surface area contributed by atoms with E-state index < -0.39 is 0 Å². The highest BCUT2D eigenvalue weighted by molar-refractivity contribution is 9.10. The maximum absolute atomic E-state index is 13.5. The van der Waals surface area contributed by atoms with E-state index in [1.807, 2.05) is 24.3 Å². The number of para-hydroxylation sites is 1. The molecule has 3 nitrogen and oxygen atoms in total. The van der Waals surface area contributed by atoms with Crippen LogP contribution in [0.3, 0.4) is 0 Å². The third-order valence-corrected chi connectivity index (χ3v) is 4.27. The van der Waals surface area contributed by atoms with Crippen LogP contribution in [0, 0.1) is 5.82 Å². The van der Waals surface area contributed by atoms with Crippen LogP contribution in [-0.2, 0) is 6.42 Å². The van der Waals surface area contributed by atoms with Gasteiger partial charge < -0.3 is 4.74 Å². The number of rotatable bonds is 4. The summed E-state index contributed by atoms with van der Waals surface area (Å²) >= 11 is 3.32. The number of hydrogen-bond acceptors (Lipinski definition) is 3. The smallest absolute Gasteiger partial charge is 0.124 e. The topological polar surface area (TPSA) is 47.3 Å². The van der Waals surface area contributed by atoms with Crippen LogP contribution in [0.1, 0.15) is 17.0 Å². The van der Waals surface area contributed by atoms with Crippen LogP contribution in [0.25, 0.3) is 0 Å². The maximum Gasteiger partial charge on any atom is 0.124 e. The minimum atomic E-state index is -0.252. The zero-order valence-electron chi connectivity index (χ0n) is 11.4. The highest BCUT2D eigenvalue weighted by Crippen LogP contribution is 2.36. The van der Waals surface area contributed by atoms with Gasteiger partial charge in [0.15, 0.2) is 0 Å². The number of hydrogen-bond donors (Lipinski definition) is 2. The van der Waals surface area contributed by atoms with Gasteiger partial charge >= 0.3 is 0 Å². The van der Waals surface area contributed by atoms with Crippen molar-refractivity contribution in [2.45, 2.75) is 18.4 Å². The molecule has 0 saturated carbocycles. The second-order valence-electron chi connectivity index (χ2n) is 5.21. The Morgan fingerprint density at radius 3 is 2.90 bits per heavy atom. The fourth-order valence-corrected chi connectivity index (χ4v) is 3.33. The Hall–Kier alpha value is -1.43. The fourth-order valence-electron chi connectivity index (χ4n) is 2.82. The van der Waals surface area contributed by atoms with Gasteiger partial charge in [0.05, 0.1) is 6.61 Å². The molecule has 1 aliphatic heterocycles. The molecule has 3 rings (SSSR count). The molecule has 110 valence electrons. The molecule has 21 heavy (non-hydrogen) atoms. The van der Waals surface area contributed by atoms with Crippen LogP contribution >= 0.6 is 15.9 Å². The van der Waals surface area contributed by atoms with E-state index in [0.717, 1.165) is 21.3 Å². The van der Waals surface area contributed by atoms with Crippen molar-refractivity contribution in [1.82, 2.24) is 5.43 Å². The summed E-state index contributed by atoms with van der Waals surface area (Å²) in [6, 6.07) is 12.8. The van der Waals surface area contributed by atoms with E-state index in [0.29, 0.717) is 13.0 Å². The van der Waals surface area contributed by atoms with E-state index in [4.69, 9.17) is 10.6 Å². The van der Waals surface area contributed by atoms with Crippen LogP contribution in [0.15, 0.2) is 46.9 Å². The van der Waals surface area contributed by atoms with Crippen LogP contribution in [0.4, 0.5) is 4.39 Å². The first-order valence-corrected chi connectivity index (χ1v) is 7.59. The lowest BCUT2D eigenvalue weighted by atomic mass is 9.89. The van der Waals surface area contributed by atoms with Crippen molar-refractivity contribution in [1.29, 1.82) is 0 Å². The minimum absolute atomic E-state index is 0.0117. The molecule has 0 aromatic heterocycles. The molecule has 0 fully saturated rings. The van der Waals surface area contributed by atoms with E-state index in [-0.39, 0.29) is 17.8 Å². The standard InChI is InChI=1S/C16H16BrFN2O/c17-11-5-10(6-12(18)8-11)7-15(20-19)14-9-21-16-4-2-1-3-13(14)16/h1-6,8,14-15,20H,7,9,19H2. The van der Waals surface area contributed by atoms with E-state index in [1.165, 1.54) is 12.1 Å². The van der Waals surface area contributed by atoms with Crippen molar-refractivity contribution in [3.8, 4) is 5.75 Å². The SMILES string of the molecule is NNC(Cc1cc(F)cc(Br)c1)C1COc2ccccc21. The van der Waals surface area contributed by atoms with Crippen molar-refractivity contribution < 1.29 is 9.13 Å². The average molecular weight is 351 g/mol. The number of nitrogens with one attached hydrogen (secondary N) is 1. The van der Waals surface area contributed by atoms with Crippen molar-refractivity contribution in [3.05, 3.63) is 63.9 Å². The molecule has 0 amide bonds. The second-order valence-corrected chi connectivity index (χ2v) is 6.13. The van der Waals surface area contributed by atoms with Gasteiger partial charge in [0, 0.05) is 22.0 Å². The van der Waals surface area contributed by atoms with Gasteiger partial charge in [-0.3, -0.25) is 11.3 Å². The highest BCUT2D eigenvalue weighted by Gasteiger charge is 2.30. The molecule has 1 heterocycles. The summed E-state index contributed by atoms with van der Waals surface area (Å²) in [6.07, 6.45) is 0.634. The largest absolute Gasteiger partial charge is 0.493 e. The Morgan fingerprint density at radius 2 is 2.14 bits per heavy atom. The number of halogens is 2. The zero-order chi connectivity index (χ0) is 14.8. The van der Waals surface area contributed by atoms with Gasteiger partial charge in [-0.2, -0.15) is 0 Å². The van der Waals surface area contributed by atoms with Crippen LogP contribution < -0.4 is 16.0 Å². The lowest BCUT2D eigenvalue weighted by molar-refractivity contribution is 0.297. The average Bonchev–Trinajstić information content (AvgIpc) is 2.87. The minimum Gasteiger partial charge on any atom is -0.493 e. The molecule has 2 aromatic rings.